The van der Waals surface area contributed by atoms with Crippen LogP contribution in [0.5, 0.6) is 0 Å². The molecule has 0 aromatic rings. The summed E-state index contributed by atoms with van der Waals surface area (Å²) in [5.74, 6) is 0.203. The number of nitrogens with one attached hydrogen (secondary N) is 2. The molecule has 82 valence electrons. The van der Waals surface area contributed by atoms with Crippen LogP contribution in [-0.4, -0.2) is 34.8 Å². The van der Waals surface area contributed by atoms with E-state index < -0.39 is 11.8 Å². The number of carbonyl (C=O) groups is 2. The van der Waals surface area contributed by atoms with Crippen molar-refractivity contribution in [2.75, 3.05) is 12.3 Å². The van der Waals surface area contributed by atoms with Crippen LogP contribution in [0, 0.1) is 0 Å². The Kier molecular flexibility index (Phi) is 2.68. The molecule has 2 saturated heterocycles. The Balaban J connectivity index is 1.94. The minimum atomic E-state index is -0.627. The Morgan fingerprint density at radius 2 is 2.07 bits per heavy atom. The Hall–Kier alpha value is -1.04. The fraction of sp³-hybridized carbons (Fsp3) is 0.667. The van der Waals surface area contributed by atoms with E-state index in [0.29, 0.717) is 12.5 Å². The summed E-state index contributed by atoms with van der Waals surface area (Å²) in [7, 11) is 0. The van der Waals surface area contributed by atoms with Crippen LogP contribution >= 0.6 is 11.8 Å². The summed E-state index contributed by atoms with van der Waals surface area (Å²) in [6, 6.07) is 0. The number of hydrogen-bond acceptors (Lipinski definition) is 4. The average molecular weight is 227 g/mol. The monoisotopic (exact) mass is 227 g/mol. The largest absolute Gasteiger partial charge is 0.316 e. The molecule has 2 amide bonds. The van der Waals surface area contributed by atoms with Gasteiger partial charge in [-0.15, -0.1) is 0 Å². The molecule has 0 bridgehead atoms. The van der Waals surface area contributed by atoms with E-state index in [4.69, 9.17) is 0 Å². The van der Waals surface area contributed by atoms with E-state index in [9.17, 15) is 9.59 Å². The van der Waals surface area contributed by atoms with Crippen LogP contribution in [0.3, 0.4) is 0 Å². The first-order chi connectivity index (χ1) is 7.09. The molecule has 0 aromatic heterocycles. The maximum absolute atomic E-state index is 10.9. The van der Waals surface area contributed by atoms with E-state index in [1.165, 1.54) is 12.2 Å². The third-order valence-corrected chi connectivity index (χ3v) is 4.07. The minimum Gasteiger partial charge on any atom is -0.288 e. The smallest absolute Gasteiger partial charge is 0.288 e. The molecule has 0 radical (unpaired) electrons. The zero-order chi connectivity index (χ0) is 10.9. The number of carbonyl (C=O) groups excluding carboxylic acids is 2. The summed E-state index contributed by atoms with van der Waals surface area (Å²) in [6.45, 7) is 2.79. The first-order valence-corrected chi connectivity index (χ1v) is 5.88. The molecule has 5 nitrogen and oxygen atoms in total. The van der Waals surface area contributed by atoms with Crippen molar-refractivity contribution in [1.82, 2.24) is 10.6 Å². The molecule has 1 unspecified atom stereocenters. The molecule has 2 aliphatic heterocycles. The van der Waals surface area contributed by atoms with E-state index in [2.05, 4.69) is 22.5 Å². The lowest BCUT2D eigenvalue weighted by atomic mass is 10.1. The number of aliphatic imine (C=N–C) groups is 1. The molecule has 2 aliphatic rings. The summed E-state index contributed by atoms with van der Waals surface area (Å²) in [5, 5.41) is 4.77. The highest BCUT2D eigenvalue weighted by Crippen LogP contribution is 2.37. The van der Waals surface area contributed by atoms with Gasteiger partial charge in [-0.3, -0.25) is 25.2 Å². The standard InChI is InChI=1S/C9H13N3O2S/c1-9(3-2-4-15-9)5-10-8-11-6(13)7(14)12-8/h2-5H2,1H3,(H2,10,11,12,13,14). The Bertz CT molecular complexity index is 316. The van der Waals surface area contributed by atoms with Crippen LogP contribution in [-0.2, 0) is 9.59 Å². The second-order valence-electron chi connectivity index (χ2n) is 3.98. The zero-order valence-corrected chi connectivity index (χ0v) is 9.32. The third-order valence-electron chi connectivity index (χ3n) is 2.54. The van der Waals surface area contributed by atoms with Gasteiger partial charge < -0.3 is 0 Å². The summed E-state index contributed by atoms with van der Waals surface area (Å²) in [5.41, 5.74) is 0. The topological polar surface area (TPSA) is 70.6 Å². The average Bonchev–Trinajstić information content (AvgIpc) is 2.73. The highest BCUT2D eigenvalue weighted by Gasteiger charge is 2.31. The van der Waals surface area contributed by atoms with Crippen LogP contribution in [0.1, 0.15) is 19.8 Å². The van der Waals surface area contributed by atoms with E-state index >= 15 is 0 Å². The second-order valence-corrected chi connectivity index (χ2v) is 5.66. The van der Waals surface area contributed by atoms with Gasteiger partial charge in [0.2, 0.25) is 5.96 Å². The number of nitrogens with zero attached hydrogens (tertiary/aromatic N) is 1. The molecular formula is C9H13N3O2S. The van der Waals surface area contributed by atoms with Crippen LogP contribution in [0.2, 0.25) is 0 Å². The van der Waals surface area contributed by atoms with E-state index in [1.54, 1.807) is 0 Å². The van der Waals surface area contributed by atoms with Crippen molar-refractivity contribution < 1.29 is 9.59 Å². The van der Waals surface area contributed by atoms with Crippen LogP contribution < -0.4 is 10.6 Å². The van der Waals surface area contributed by atoms with Crippen molar-refractivity contribution in [3.05, 3.63) is 0 Å². The SMILES string of the molecule is CC1(CN=C2NC(=O)C(=O)N2)CCCS1. The van der Waals surface area contributed by atoms with Gasteiger partial charge in [0.05, 0.1) is 6.54 Å². The highest BCUT2D eigenvalue weighted by atomic mass is 32.2. The number of rotatable bonds is 2. The summed E-state index contributed by atoms with van der Waals surface area (Å²) >= 11 is 1.90. The maximum Gasteiger partial charge on any atom is 0.316 e. The first-order valence-electron chi connectivity index (χ1n) is 4.90. The lowest BCUT2D eigenvalue weighted by Gasteiger charge is -2.19. The van der Waals surface area contributed by atoms with Crippen molar-refractivity contribution in [2.24, 2.45) is 4.99 Å². The lowest BCUT2D eigenvalue weighted by molar-refractivity contribution is -0.135. The molecule has 0 saturated carbocycles. The van der Waals surface area contributed by atoms with Crippen molar-refractivity contribution in [3.8, 4) is 0 Å². The fourth-order valence-corrected chi connectivity index (χ4v) is 2.87. The number of amides is 2. The van der Waals surface area contributed by atoms with Gasteiger partial charge >= 0.3 is 11.8 Å². The third kappa shape index (κ3) is 2.31. The van der Waals surface area contributed by atoms with Crippen molar-refractivity contribution in [2.45, 2.75) is 24.5 Å². The van der Waals surface area contributed by atoms with Gasteiger partial charge in [-0.05, 0) is 25.5 Å². The normalized spacial score (nSPS) is 30.3. The molecule has 2 N–H and O–H groups in total. The molecular weight excluding hydrogens is 214 g/mol. The molecule has 0 aromatic carbocycles. The fourth-order valence-electron chi connectivity index (χ4n) is 1.65. The lowest BCUT2D eigenvalue weighted by Crippen LogP contribution is -2.29. The maximum atomic E-state index is 10.9. The van der Waals surface area contributed by atoms with Gasteiger partial charge in [0.25, 0.3) is 0 Å². The van der Waals surface area contributed by atoms with Gasteiger partial charge in [0.1, 0.15) is 0 Å². The van der Waals surface area contributed by atoms with Crippen molar-refractivity contribution in [1.29, 1.82) is 0 Å². The van der Waals surface area contributed by atoms with Crippen LogP contribution in [0.4, 0.5) is 0 Å². The molecule has 6 heteroatoms. The van der Waals surface area contributed by atoms with Crippen molar-refractivity contribution >= 4 is 29.5 Å². The molecule has 1 atom stereocenters. The zero-order valence-electron chi connectivity index (χ0n) is 8.50. The van der Waals surface area contributed by atoms with Gasteiger partial charge in [0, 0.05) is 4.75 Å². The summed E-state index contributed by atoms with van der Waals surface area (Å²) < 4.78 is 0.158. The molecule has 2 rings (SSSR count). The van der Waals surface area contributed by atoms with Gasteiger partial charge in [-0.2, -0.15) is 11.8 Å². The quantitative estimate of drug-likeness (QED) is 0.646. The number of thioether (sulfide) groups is 1. The molecule has 15 heavy (non-hydrogen) atoms. The van der Waals surface area contributed by atoms with Crippen molar-refractivity contribution in [3.63, 3.8) is 0 Å². The molecule has 0 aliphatic carbocycles. The van der Waals surface area contributed by atoms with Crippen LogP contribution in [0.25, 0.3) is 0 Å². The first kappa shape index (κ1) is 10.5. The van der Waals surface area contributed by atoms with Gasteiger partial charge in [0.15, 0.2) is 0 Å². The predicted octanol–water partition coefficient (Wildman–Crippen LogP) is -0.126. The summed E-state index contributed by atoms with van der Waals surface area (Å²) in [6.07, 6.45) is 2.35. The summed E-state index contributed by atoms with van der Waals surface area (Å²) in [4.78, 5) is 25.9. The van der Waals surface area contributed by atoms with Gasteiger partial charge in [-0.25, -0.2) is 0 Å². The Morgan fingerprint density at radius 3 is 2.60 bits per heavy atom. The minimum absolute atomic E-state index is 0.158. The van der Waals surface area contributed by atoms with Crippen LogP contribution in [0.15, 0.2) is 4.99 Å². The Labute approximate surface area is 92.1 Å². The van der Waals surface area contributed by atoms with E-state index in [1.807, 2.05) is 11.8 Å². The molecule has 2 heterocycles. The molecule has 0 spiro atoms. The highest BCUT2D eigenvalue weighted by molar-refractivity contribution is 8.00. The van der Waals surface area contributed by atoms with Gasteiger partial charge in [-0.1, -0.05) is 0 Å². The number of guanidine groups is 1. The predicted molar refractivity (Wildman–Crippen MR) is 58.7 cm³/mol. The molecule has 2 fully saturated rings. The Morgan fingerprint density at radius 1 is 1.40 bits per heavy atom. The number of hydrogen-bond donors (Lipinski definition) is 2. The second kappa shape index (κ2) is 3.84. The van der Waals surface area contributed by atoms with E-state index in [0.717, 1.165) is 6.42 Å². The van der Waals surface area contributed by atoms with E-state index in [-0.39, 0.29) is 4.75 Å².